The van der Waals surface area contributed by atoms with E-state index in [1.165, 1.54) is 0 Å². The molecule has 1 amide bonds. The van der Waals surface area contributed by atoms with Crippen molar-refractivity contribution in [2.24, 2.45) is 0 Å². The Bertz CT molecular complexity index is 600. The minimum Gasteiger partial charge on any atom is -0.497 e. The van der Waals surface area contributed by atoms with Crippen LogP contribution in [0.4, 0.5) is 0 Å². The third kappa shape index (κ3) is 3.53. The number of nitrogens with one attached hydrogen (secondary N) is 1. The lowest BCUT2D eigenvalue weighted by atomic mass is 10.2. The van der Waals surface area contributed by atoms with Gasteiger partial charge in [0, 0.05) is 24.4 Å². The summed E-state index contributed by atoms with van der Waals surface area (Å²) in [5, 5.41) is 7.03. The predicted octanol–water partition coefficient (Wildman–Crippen LogP) is 1.85. The van der Waals surface area contributed by atoms with Gasteiger partial charge in [-0.25, -0.2) is 0 Å². The molecule has 0 fully saturated rings. The number of hydrogen-bond donors (Lipinski definition) is 1. The van der Waals surface area contributed by atoms with Crippen molar-refractivity contribution >= 4 is 5.91 Å². The van der Waals surface area contributed by atoms with E-state index in [4.69, 9.17) is 9.47 Å². The van der Waals surface area contributed by atoms with Crippen molar-refractivity contribution in [1.29, 1.82) is 0 Å². The number of rotatable bonds is 6. The minimum absolute atomic E-state index is 0.184. The summed E-state index contributed by atoms with van der Waals surface area (Å²) in [7, 11) is 3.10. The van der Waals surface area contributed by atoms with Gasteiger partial charge in [-0.1, -0.05) is 0 Å². The molecular formula is C15H19N3O3. The summed E-state index contributed by atoms with van der Waals surface area (Å²) in [5.41, 5.74) is 1.45. The first-order valence-electron chi connectivity index (χ1n) is 6.70. The van der Waals surface area contributed by atoms with Crippen LogP contribution in [0, 0.1) is 0 Å². The number of carbonyl (C=O) groups is 1. The van der Waals surface area contributed by atoms with Gasteiger partial charge >= 0.3 is 0 Å². The lowest BCUT2D eigenvalue weighted by Gasteiger charge is -2.10. The van der Waals surface area contributed by atoms with Gasteiger partial charge in [0.05, 0.1) is 26.5 Å². The highest BCUT2D eigenvalue weighted by molar-refractivity contribution is 5.95. The minimum atomic E-state index is -0.184. The van der Waals surface area contributed by atoms with E-state index < -0.39 is 0 Å². The molecule has 112 valence electrons. The number of amides is 1. The zero-order valence-electron chi connectivity index (χ0n) is 12.4. The Kier molecular flexibility index (Phi) is 4.81. The zero-order valence-corrected chi connectivity index (χ0v) is 12.4. The van der Waals surface area contributed by atoms with Gasteiger partial charge in [0.1, 0.15) is 11.5 Å². The Morgan fingerprint density at radius 1 is 1.24 bits per heavy atom. The average Bonchev–Trinajstić information content (AvgIpc) is 2.99. The van der Waals surface area contributed by atoms with Crippen molar-refractivity contribution < 1.29 is 14.3 Å². The average molecular weight is 289 g/mol. The molecule has 1 aromatic heterocycles. The number of ether oxygens (including phenoxy) is 2. The summed E-state index contributed by atoms with van der Waals surface area (Å²) < 4.78 is 12.2. The lowest BCUT2D eigenvalue weighted by Crippen LogP contribution is -2.24. The largest absolute Gasteiger partial charge is 0.497 e. The standard InChI is InChI=1S/C15H19N3O3/c1-4-18-12(5-6-17-18)10-16-15(19)11-7-13(20-2)9-14(8-11)21-3/h5-9H,4,10H2,1-3H3,(H,16,19). The van der Waals surface area contributed by atoms with Crippen LogP contribution in [0.15, 0.2) is 30.5 Å². The van der Waals surface area contributed by atoms with Crippen LogP contribution in [0.25, 0.3) is 0 Å². The molecular weight excluding hydrogens is 270 g/mol. The normalized spacial score (nSPS) is 10.2. The quantitative estimate of drug-likeness (QED) is 0.881. The molecule has 0 saturated carbocycles. The second-order valence-electron chi connectivity index (χ2n) is 4.42. The number of carbonyl (C=O) groups excluding carboxylic acids is 1. The first kappa shape index (κ1) is 14.9. The molecule has 1 aromatic carbocycles. The van der Waals surface area contributed by atoms with Crippen LogP contribution in [-0.2, 0) is 13.1 Å². The molecule has 2 aromatic rings. The topological polar surface area (TPSA) is 65.4 Å². The van der Waals surface area contributed by atoms with Crippen molar-refractivity contribution in [3.8, 4) is 11.5 Å². The van der Waals surface area contributed by atoms with Crippen LogP contribution in [0.2, 0.25) is 0 Å². The Morgan fingerprint density at radius 2 is 1.90 bits per heavy atom. The van der Waals surface area contributed by atoms with Crippen LogP contribution in [-0.4, -0.2) is 29.9 Å². The van der Waals surface area contributed by atoms with Crippen LogP contribution >= 0.6 is 0 Å². The molecule has 0 saturated heterocycles. The maximum absolute atomic E-state index is 12.2. The first-order chi connectivity index (χ1) is 10.2. The van der Waals surface area contributed by atoms with Gasteiger partial charge in [-0.2, -0.15) is 5.10 Å². The number of nitrogens with zero attached hydrogens (tertiary/aromatic N) is 2. The van der Waals surface area contributed by atoms with Gasteiger partial charge in [0.25, 0.3) is 5.91 Å². The summed E-state index contributed by atoms with van der Waals surface area (Å²) in [6, 6.07) is 6.96. The third-order valence-electron chi connectivity index (χ3n) is 3.15. The summed E-state index contributed by atoms with van der Waals surface area (Å²) in [4.78, 5) is 12.2. The molecule has 0 bridgehead atoms. The van der Waals surface area contributed by atoms with E-state index in [-0.39, 0.29) is 5.91 Å². The molecule has 21 heavy (non-hydrogen) atoms. The molecule has 6 nitrogen and oxygen atoms in total. The molecule has 0 radical (unpaired) electrons. The monoisotopic (exact) mass is 289 g/mol. The number of benzene rings is 1. The highest BCUT2D eigenvalue weighted by atomic mass is 16.5. The SMILES string of the molecule is CCn1nccc1CNC(=O)c1cc(OC)cc(OC)c1. The summed E-state index contributed by atoms with van der Waals surface area (Å²) >= 11 is 0. The summed E-state index contributed by atoms with van der Waals surface area (Å²) in [6.45, 7) is 3.20. The maximum atomic E-state index is 12.2. The van der Waals surface area contributed by atoms with E-state index in [0.29, 0.717) is 23.6 Å². The predicted molar refractivity (Wildman–Crippen MR) is 78.6 cm³/mol. The number of aryl methyl sites for hydroxylation is 1. The Labute approximate surface area is 123 Å². The van der Waals surface area contributed by atoms with E-state index >= 15 is 0 Å². The van der Waals surface area contributed by atoms with Gasteiger partial charge in [0.2, 0.25) is 0 Å². The highest BCUT2D eigenvalue weighted by Gasteiger charge is 2.10. The van der Waals surface area contributed by atoms with Gasteiger partial charge < -0.3 is 14.8 Å². The summed E-state index contributed by atoms with van der Waals surface area (Å²) in [5.74, 6) is 0.979. The van der Waals surface area contributed by atoms with Crippen molar-refractivity contribution in [3.63, 3.8) is 0 Å². The molecule has 0 aliphatic rings. The van der Waals surface area contributed by atoms with E-state index in [0.717, 1.165) is 12.2 Å². The van der Waals surface area contributed by atoms with Crippen LogP contribution in [0.3, 0.4) is 0 Å². The molecule has 0 aliphatic heterocycles. The van der Waals surface area contributed by atoms with Crippen LogP contribution < -0.4 is 14.8 Å². The molecule has 0 atom stereocenters. The second-order valence-corrected chi connectivity index (χ2v) is 4.42. The lowest BCUT2D eigenvalue weighted by molar-refractivity contribution is 0.0949. The Balaban J connectivity index is 2.09. The zero-order chi connectivity index (χ0) is 15.2. The number of hydrogen-bond acceptors (Lipinski definition) is 4. The molecule has 1 N–H and O–H groups in total. The molecule has 0 aliphatic carbocycles. The number of aromatic nitrogens is 2. The Hall–Kier alpha value is -2.50. The third-order valence-corrected chi connectivity index (χ3v) is 3.15. The fourth-order valence-electron chi connectivity index (χ4n) is 2.01. The fourth-order valence-corrected chi connectivity index (χ4v) is 2.01. The van der Waals surface area contributed by atoms with Gasteiger partial charge in [-0.15, -0.1) is 0 Å². The van der Waals surface area contributed by atoms with Gasteiger partial charge in [-0.3, -0.25) is 9.48 Å². The summed E-state index contributed by atoms with van der Waals surface area (Å²) in [6.07, 6.45) is 1.72. The van der Waals surface area contributed by atoms with Crippen molar-refractivity contribution in [2.75, 3.05) is 14.2 Å². The maximum Gasteiger partial charge on any atom is 0.251 e. The van der Waals surface area contributed by atoms with E-state index in [1.807, 2.05) is 17.7 Å². The van der Waals surface area contributed by atoms with E-state index in [1.54, 1.807) is 38.6 Å². The van der Waals surface area contributed by atoms with Crippen molar-refractivity contribution in [1.82, 2.24) is 15.1 Å². The van der Waals surface area contributed by atoms with Crippen LogP contribution in [0.1, 0.15) is 23.0 Å². The number of methoxy groups -OCH3 is 2. The molecule has 0 spiro atoms. The van der Waals surface area contributed by atoms with Crippen molar-refractivity contribution in [3.05, 3.63) is 41.7 Å². The first-order valence-corrected chi connectivity index (χ1v) is 6.70. The smallest absolute Gasteiger partial charge is 0.251 e. The van der Waals surface area contributed by atoms with E-state index in [9.17, 15) is 4.79 Å². The fraction of sp³-hybridized carbons (Fsp3) is 0.333. The molecule has 6 heteroatoms. The highest BCUT2D eigenvalue weighted by Crippen LogP contribution is 2.22. The van der Waals surface area contributed by atoms with Gasteiger partial charge in [0.15, 0.2) is 0 Å². The molecule has 2 rings (SSSR count). The van der Waals surface area contributed by atoms with Crippen LogP contribution in [0.5, 0.6) is 11.5 Å². The molecule has 0 unspecified atom stereocenters. The van der Waals surface area contributed by atoms with E-state index in [2.05, 4.69) is 10.4 Å². The van der Waals surface area contributed by atoms with Crippen molar-refractivity contribution in [2.45, 2.75) is 20.0 Å². The second kappa shape index (κ2) is 6.78. The Morgan fingerprint density at radius 3 is 2.48 bits per heavy atom. The molecule has 1 heterocycles. The van der Waals surface area contributed by atoms with Gasteiger partial charge in [-0.05, 0) is 25.1 Å².